The van der Waals surface area contributed by atoms with E-state index in [0.717, 1.165) is 76.6 Å². The van der Waals surface area contributed by atoms with Crippen LogP contribution in [0.25, 0.3) is 33.6 Å². The number of imidazole rings is 1. The molecule has 0 radical (unpaired) electrons. The summed E-state index contributed by atoms with van der Waals surface area (Å²) in [7, 11) is -1.61. The van der Waals surface area contributed by atoms with E-state index in [0.29, 0.717) is 6.54 Å². The number of H-pyrrole nitrogens is 2. The van der Waals surface area contributed by atoms with E-state index < -0.39 is 19.3 Å². The highest BCUT2D eigenvalue weighted by molar-refractivity contribution is 6.78. The second-order valence-electron chi connectivity index (χ2n) is 16.6. The zero-order chi connectivity index (χ0) is 36.0. The van der Waals surface area contributed by atoms with E-state index in [-0.39, 0.29) is 24.3 Å². The first-order valence-corrected chi connectivity index (χ1v) is 21.4. The van der Waals surface area contributed by atoms with Gasteiger partial charge in [-0.2, -0.15) is 0 Å². The smallest absolute Gasteiger partial charge is 0.410 e. The molecule has 2 atom stereocenters. The number of carbonyl (C=O) groups is 2. The van der Waals surface area contributed by atoms with Crippen molar-refractivity contribution < 1.29 is 19.1 Å². The monoisotopic (exact) mass is 695 g/mol. The first kappa shape index (κ1) is 35.5. The van der Waals surface area contributed by atoms with Gasteiger partial charge in [0.1, 0.15) is 17.0 Å². The number of nitrogens with one attached hydrogen (secondary N) is 2. The molecule has 50 heavy (non-hydrogen) atoms. The predicted molar refractivity (Wildman–Crippen MR) is 202 cm³/mol. The van der Waals surface area contributed by atoms with E-state index in [1.807, 2.05) is 57.5 Å². The Morgan fingerprint density at radius 1 is 0.800 bits per heavy atom. The van der Waals surface area contributed by atoms with Gasteiger partial charge in [0.25, 0.3) is 0 Å². The summed E-state index contributed by atoms with van der Waals surface area (Å²) in [5, 5.41) is 0. The standard InChI is InChI=1S/C40H53N5O4Si/c1-10-26-22-31(42-35(26)33-12-11-21-44(33)37(46)48-39(2,3)4)29-17-13-27(14-18-29)28-15-19-30(20-16-28)32-23-41-36(43-32)34-24-50(8,9)25-45(34)38(47)49-40(5,6)7/h13-20,22-23,33-34,42H,10-12,21,24-25H2,1-9H3,(H,41,43). The van der Waals surface area contributed by atoms with E-state index in [4.69, 9.17) is 14.5 Å². The van der Waals surface area contributed by atoms with Gasteiger partial charge in [0, 0.05) is 24.1 Å². The Balaban J connectivity index is 1.16. The van der Waals surface area contributed by atoms with Crippen LogP contribution in [0, 0.1) is 0 Å². The molecule has 4 heterocycles. The lowest BCUT2D eigenvalue weighted by Gasteiger charge is -2.28. The number of rotatable bonds is 6. The Hall–Kier alpha value is -4.31. The molecule has 2 aliphatic rings. The van der Waals surface area contributed by atoms with Crippen LogP contribution in [-0.2, 0) is 15.9 Å². The molecule has 2 amide bonds. The Morgan fingerprint density at radius 3 is 1.90 bits per heavy atom. The summed E-state index contributed by atoms with van der Waals surface area (Å²) in [6.45, 7) is 18.9. The van der Waals surface area contributed by atoms with Gasteiger partial charge in [-0.05, 0) is 101 Å². The number of hydrogen-bond acceptors (Lipinski definition) is 5. The van der Waals surface area contributed by atoms with Crippen molar-refractivity contribution in [2.24, 2.45) is 0 Å². The van der Waals surface area contributed by atoms with Gasteiger partial charge in [-0.3, -0.25) is 4.90 Å². The normalized spacial score (nSPS) is 19.2. The zero-order valence-electron chi connectivity index (χ0n) is 31.1. The summed E-state index contributed by atoms with van der Waals surface area (Å²) < 4.78 is 11.5. The summed E-state index contributed by atoms with van der Waals surface area (Å²) in [6.07, 6.45) is 4.88. The quantitative estimate of drug-likeness (QED) is 0.196. The minimum absolute atomic E-state index is 0.00642. The van der Waals surface area contributed by atoms with Gasteiger partial charge in [-0.1, -0.05) is 68.5 Å². The molecule has 4 aromatic rings. The topological polar surface area (TPSA) is 104 Å². The van der Waals surface area contributed by atoms with Crippen molar-refractivity contribution >= 4 is 20.3 Å². The van der Waals surface area contributed by atoms with Gasteiger partial charge >= 0.3 is 12.2 Å². The molecular formula is C40H53N5O4Si. The molecule has 2 aromatic carbocycles. The fourth-order valence-electron chi connectivity index (χ4n) is 7.23. The van der Waals surface area contributed by atoms with Crippen LogP contribution >= 0.6 is 0 Å². The molecule has 10 heteroatoms. The third-order valence-electron chi connectivity index (χ3n) is 9.51. The van der Waals surface area contributed by atoms with Crippen LogP contribution in [-0.4, -0.2) is 68.9 Å². The van der Waals surface area contributed by atoms with Crippen molar-refractivity contribution in [2.45, 2.75) is 110 Å². The first-order chi connectivity index (χ1) is 23.5. The number of aryl methyl sites for hydroxylation is 1. The number of likely N-dealkylation sites (tertiary alicyclic amines) is 1. The Kier molecular flexibility index (Phi) is 9.54. The predicted octanol–water partition coefficient (Wildman–Crippen LogP) is 9.91. The van der Waals surface area contributed by atoms with Crippen LogP contribution in [0.3, 0.4) is 0 Å². The first-order valence-electron chi connectivity index (χ1n) is 18.0. The fourth-order valence-corrected chi connectivity index (χ4v) is 10.1. The van der Waals surface area contributed by atoms with Crippen LogP contribution in [0.4, 0.5) is 9.59 Å². The molecule has 0 aliphatic carbocycles. The molecule has 2 fully saturated rings. The maximum absolute atomic E-state index is 13.1. The Bertz CT molecular complexity index is 1830. The average molecular weight is 696 g/mol. The number of benzene rings is 2. The third-order valence-corrected chi connectivity index (χ3v) is 12.2. The number of ether oxygens (including phenoxy) is 2. The second-order valence-corrected chi connectivity index (χ2v) is 21.7. The van der Waals surface area contributed by atoms with Gasteiger partial charge in [0.15, 0.2) is 0 Å². The molecule has 0 spiro atoms. The van der Waals surface area contributed by atoms with Crippen molar-refractivity contribution in [2.75, 3.05) is 12.7 Å². The lowest BCUT2D eigenvalue weighted by Crippen LogP contribution is -2.39. The van der Waals surface area contributed by atoms with E-state index in [2.05, 4.69) is 84.6 Å². The number of carbonyl (C=O) groups excluding carboxylic acids is 2. The molecule has 6 rings (SSSR count). The third kappa shape index (κ3) is 7.85. The summed E-state index contributed by atoms with van der Waals surface area (Å²) in [5.41, 5.74) is 7.68. The van der Waals surface area contributed by atoms with Crippen molar-refractivity contribution in [3.8, 4) is 33.6 Å². The van der Waals surface area contributed by atoms with Gasteiger partial charge < -0.3 is 24.3 Å². The van der Waals surface area contributed by atoms with E-state index in [1.54, 1.807) is 0 Å². The fraction of sp³-hybridized carbons (Fsp3) is 0.475. The lowest BCUT2D eigenvalue weighted by molar-refractivity contribution is 0.0214. The zero-order valence-corrected chi connectivity index (χ0v) is 32.1. The van der Waals surface area contributed by atoms with Gasteiger partial charge in [-0.15, -0.1) is 0 Å². The molecule has 2 N–H and O–H groups in total. The van der Waals surface area contributed by atoms with Crippen LogP contribution in [0.1, 0.15) is 90.5 Å². The summed E-state index contributed by atoms with van der Waals surface area (Å²) >= 11 is 0. The molecule has 2 aromatic heterocycles. The van der Waals surface area contributed by atoms with E-state index in [1.165, 1.54) is 5.56 Å². The van der Waals surface area contributed by atoms with Crippen LogP contribution < -0.4 is 0 Å². The Labute approximate surface area is 297 Å². The SMILES string of the molecule is CCc1cc(-c2ccc(-c3ccc(-c4cnc(C5C[Si](C)(C)CN5C(=O)OC(C)(C)C)[nH]4)cc3)cc2)[nH]c1C1CCCN1C(=O)OC(C)(C)C. The molecule has 9 nitrogen and oxygen atoms in total. The molecule has 0 bridgehead atoms. The highest BCUT2D eigenvalue weighted by Gasteiger charge is 2.45. The number of hydrogen-bond donors (Lipinski definition) is 2. The number of aromatic nitrogens is 3. The second kappa shape index (κ2) is 13.4. The van der Waals surface area contributed by atoms with Crippen LogP contribution in [0.5, 0.6) is 0 Å². The summed E-state index contributed by atoms with van der Waals surface area (Å²) in [4.78, 5) is 41.8. The van der Waals surface area contributed by atoms with Gasteiger partial charge in [-0.25, -0.2) is 14.6 Å². The number of amides is 2. The molecule has 2 aliphatic heterocycles. The van der Waals surface area contributed by atoms with Crippen molar-refractivity contribution in [3.63, 3.8) is 0 Å². The van der Waals surface area contributed by atoms with E-state index >= 15 is 0 Å². The van der Waals surface area contributed by atoms with Gasteiger partial charge in [0.05, 0.1) is 32.0 Å². The minimum atomic E-state index is -1.61. The average Bonchev–Trinajstić information content (AvgIpc) is 3.84. The van der Waals surface area contributed by atoms with Crippen molar-refractivity contribution in [1.29, 1.82) is 0 Å². The van der Waals surface area contributed by atoms with Crippen molar-refractivity contribution in [1.82, 2.24) is 24.8 Å². The molecule has 2 saturated heterocycles. The molecule has 266 valence electrons. The van der Waals surface area contributed by atoms with E-state index in [9.17, 15) is 9.59 Å². The maximum Gasteiger partial charge on any atom is 0.410 e. The number of nitrogens with zero attached hydrogens (tertiary/aromatic N) is 3. The maximum atomic E-state index is 13.1. The highest BCUT2D eigenvalue weighted by Crippen LogP contribution is 2.39. The largest absolute Gasteiger partial charge is 0.444 e. The molecule has 0 saturated carbocycles. The Morgan fingerprint density at radius 2 is 1.34 bits per heavy atom. The summed E-state index contributed by atoms with van der Waals surface area (Å²) in [6, 6.07) is 20.2. The number of aromatic amines is 2. The van der Waals surface area contributed by atoms with Crippen LogP contribution in [0.15, 0.2) is 60.8 Å². The molecule has 2 unspecified atom stereocenters. The van der Waals surface area contributed by atoms with Crippen molar-refractivity contribution in [3.05, 3.63) is 77.9 Å². The minimum Gasteiger partial charge on any atom is -0.444 e. The lowest BCUT2D eigenvalue weighted by atomic mass is 10.0. The summed E-state index contributed by atoms with van der Waals surface area (Å²) in [5.74, 6) is 0.813. The van der Waals surface area contributed by atoms with Crippen LogP contribution in [0.2, 0.25) is 19.1 Å². The van der Waals surface area contributed by atoms with Gasteiger partial charge in [0.2, 0.25) is 0 Å². The highest BCUT2D eigenvalue weighted by atomic mass is 28.3. The molecular weight excluding hydrogens is 643 g/mol.